The summed E-state index contributed by atoms with van der Waals surface area (Å²) in [7, 11) is 0. The molecule has 1 heterocycles. The Morgan fingerprint density at radius 2 is 2.14 bits per heavy atom. The van der Waals surface area contributed by atoms with E-state index in [4.69, 9.17) is 0 Å². The van der Waals surface area contributed by atoms with Crippen LogP contribution in [-0.2, 0) is 0 Å². The summed E-state index contributed by atoms with van der Waals surface area (Å²) in [5, 5.41) is 0. The largest absolute Gasteiger partial charge is 0.336 e. The normalized spacial score (nSPS) is 15.2. The molecule has 0 aromatic carbocycles. The average molecular weight is 190 g/mol. The Morgan fingerprint density at radius 3 is 2.64 bits per heavy atom. The molecule has 0 bridgehead atoms. The minimum Gasteiger partial charge on any atom is -0.336 e. The van der Waals surface area contributed by atoms with Crippen molar-refractivity contribution >= 4 is 5.91 Å². The first-order chi connectivity index (χ1) is 6.83. The number of rotatable bonds is 3. The molecular formula is C11H14N2O. The second-order valence-corrected chi connectivity index (χ2v) is 3.56. The van der Waals surface area contributed by atoms with Crippen LogP contribution in [0.15, 0.2) is 24.5 Å². The zero-order valence-electron chi connectivity index (χ0n) is 8.31. The third-order valence-corrected chi connectivity index (χ3v) is 2.52. The van der Waals surface area contributed by atoms with Crippen LogP contribution in [0, 0.1) is 0 Å². The number of carbonyl (C=O) groups is 1. The summed E-state index contributed by atoms with van der Waals surface area (Å²) in [6.07, 6.45) is 5.64. The number of amides is 1. The van der Waals surface area contributed by atoms with Crippen LogP contribution in [0.4, 0.5) is 0 Å². The smallest absolute Gasteiger partial charge is 0.254 e. The van der Waals surface area contributed by atoms with Crippen LogP contribution in [0.25, 0.3) is 0 Å². The molecule has 1 fully saturated rings. The van der Waals surface area contributed by atoms with E-state index >= 15 is 0 Å². The Morgan fingerprint density at radius 1 is 1.50 bits per heavy atom. The lowest BCUT2D eigenvalue weighted by molar-refractivity contribution is 0.0752. The molecule has 0 atom stereocenters. The molecule has 3 nitrogen and oxygen atoms in total. The van der Waals surface area contributed by atoms with Crippen molar-refractivity contribution in [2.45, 2.75) is 25.8 Å². The molecular weight excluding hydrogens is 176 g/mol. The SMILES string of the molecule is CCN(C(=O)c1ccncc1)C1CC1. The summed E-state index contributed by atoms with van der Waals surface area (Å²) in [5.74, 6) is 0.136. The summed E-state index contributed by atoms with van der Waals surface area (Å²) in [6.45, 7) is 2.82. The van der Waals surface area contributed by atoms with Crippen LogP contribution >= 0.6 is 0 Å². The maximum atomic E-state index is 12.0. The molecule has 3 heteroatoms. The van der Waals surface area contributed by atoms with E-state index < -0.39 is 0 Å². The molecule has 0 aliphatic heterocycles. The Balaban J connectivity index is 2.14. The van der Waals surface area contributed by atoms with Crippen LogP contribution in [-0.4, -0.2) is 28.4 Å². The number of pyridine rings is 1. The lowest BCUT2D eigenvalue weighted by Gasteiger charge is -2.20. The Kier molecular flexibility index (Phi) is 2.48. The number of hydrogen-bond donors (Lipinski definition) is 0. The van der Waals surface area contributed by atoms with Crippen molar-refractivity contribution in [1.29, 1.82) is 0 Å². The van der Waals surface area contributed by atoms with Gasteiger partial charge in [0.15, 0.2) is 0 Å². The summed E-state index contributed by atoms with van der Waals surface area (Å²) < 4.78 is 0. The maximum absolute atomic E-state index is 12.0. The van der Waals surface area contributed by atoms with Crippen molar-refractivity contribution in [2.75, 3.05) is 6.54 Å². The van der Waals surface area contributed by atoms with Crippen molar-refractivity contribution in [2.24, 2.45) is 0 Å². The average Bonchev–Trinajstić information content (AvgIpc) is 3.04. The highest BCUT2D eigenvalue weighted by atomic mass is 16.2. The van der Waals surface area contributed by atoms with Crippen molar-refractivity contribution in [3.8, 4) is 0 Å². The lowest BCUT2D eigenvalue weighted by Crippen LogP contribution is -2.32. The van der Waals surface area contributed by atoms with Gasteiger partial charge in [-0.25, -0.2) is 0 Å². The van der Waals surface area contributed by atoms with Crippen molar-refractivity contribution in [3.63, 3.8) is 0 Å². The molecule has 1 aromatic heterocycles. The van der Waals surface area contributed by atoms with Crippen LogP contribution in [0.5, 0.6) is 0 Å². The molecule has 14 heavy (non-hydrogen) atoms. The van der Waals surface area contributed by atoms with Gasteiger partial charge in [-0.3, -0.25) is 9.78 Å². The van der Waals surface area contributed by atoms with Gasteiger partial charge in [0.1, 0.15) is 0 Å². The molecule has 1 aliphatic rings. The second kappa shape index (κ2) is 3.78. The zero-order chi connectivity index (χ0) is 9.97. The lowest BCUT2D eigenvalue weighted by atomic mass is 10.2. The van der Waals surface area contributed by atoms with Crippen molar-refractivity contribution in [3.05, 3.63) is 30.1 Å². The molecule has 1 saturated carbocycles. The standard InChI is InChI=1S/C11H14N2O/c1-2-13(10-3-4-10)11(14)9-5-7-12-8-6-9/h5-8,10H,2-4H2,1H3. The molecule has 0 radical (unpaired) electrons. The fraction of sp³-hybridized carbons (Fsp3) is 0.455. The predicted octanol–water partition coefficient (Wildman–Crippen LogP) is 1.71. The van der Waals surface area contributed by atoms with Gasteiger partial charge in [0.05, 0.1) is 0 Å². The first-order valence-electron chi connectivity index (χ1n) is 5.04. The molecule has 0 unspecified atom stereocenters. The molecule has 1 aromatic rings. The molecule has 74 valence electrons. The van der Waals surface area contributed by atoms with Gasteiger partial charge in [0.2, 0.25) is 0 Å². The van der Waals surface area contributed by atoms with E-state index in [2.05, 4.69) is 4.98 Å². The van der Waals surface area contributed by atoms with Crippen molar-refractivity contribution < 1.29 is 4.79 Å². The topological polar surface area (TPSA) is 33.2 Å². The third kappa shape index (κ3) is 1.76. The van der Waals surface area contributed by atoms with Gasteiger partial charge in [0, 0.05) is 30.5 Å². The minimum atomic E-state index is 0.136. The summed E-state index contributed by atoms with van der Waals surface area (Å²) in [6, 6.07) is 4.03. The fourth-order valence-electron chi connectivity index (χ4n) is 1.61. The van der Waals surface area contributed by atoms with E-state index in [1.54, 1.807) is 24.5 Å². The number of hydrogen-bond acceptors (Lipinski definition) is 2. The van der Waals surface area contributed by atoms with Crippen LogP contribution in [0.3, 0.4) is 0 Å². The quantitative estimate of drug-likeness (QED) is 0.727. The van der Waals surface area contributed by atoms with Gasteiger partial charge < -0.3 is 4.90 Å². The first kappa shape index (κ1) is 9.19. The first-order valence-corrected chi connectivity index (χ1v) is 5.04. The molecule has 1 aliphatic carbocycles. The molecule has 0 saturated heterocycles. The minimum absolute atomic E-state index is 0.136. The Labute approximate surface area is 83.8 Å². The Bertz CT molecular complexity index is 319. The predicted molar refractivity (Wildman–Crippen MR) is 54.0 cm³/mol. The van der Waals surface area contributed by atoms with Crippen molar-refractivity contribution in [1.82, 2.24) is 9.88 Å². The monoisotopic (exact) mass is 190 g/mol. The highest BCUT2D eigenvalue weighted by molar-refractivity contribution is 5.94. The van der Waals surface area contributed by atoms with E-state index in [-0.39, 0.29) is 5.91 Å². The van der Waals surface area contributed by atoms with E-state index in [0.717, 1.165) is 24.9 Å². The molecule has 1 amide bonds. The third-order valence-electron chi connectivity index (χ3n) is 2.52. The van der Waals surface area contributed by atoms with E-state index in [1.165, 1.54) is 0 Å². The van der Waals surface area contributed by atoms with E-state index in [9.17, 15) is 4.79 Å². The van der Waals surface area contributed by atoms with E-state index in [1.807, 2.05) is 11.8 Å². The van der Waals surface area contributed by atoms with Gasteiger partial charge in [-0.15, -0.1) is 0 Å². The van der Waals surface area contributed by atoms with Crippen LogP contribution < -0.4 is 0 Å². The summed E-state index contributed by atoms with van der Waals surface area (Å²) in [4.78, 5) is 17.8. The summed E-state index contributed by atoms with van der Waals surface area (Å²) >= 11 is 0. The zero-order valence-corrected chi connectivity index (χ0v) is 8.31. The fourth-order valence-corrected chi connectivity index (χ4v) is 1.61. The second-order valence-electron chi connectivity index (χ2n) is 3.56. The number of carbonyl (C=O) groups excluding carboxylic acids is 1. The highest BCUT2D eigenvalue weighted by Gasteiger charge is 2.31. The van der Waals surface area contributed by atoms with Crippen LogP contribution in [0.1, 0.15) is 30.1 Å². The van der Waals surface area contributed by atoms with Gasteiger partial charge in [0.25, 0.3) is 5.91 Å². The summed E-state index contributed by atoms with van der Waals surface area (Å²) in [5.41, 5.74) is 0.744. The van der Waals surface area contributed by atoms with Crippen LogP contribution in [0.2, 0.25) is 0 Å². The number of aromatic nitrogens is 1. The Hall–Kier alpha value is -1.38. The van der Waals surface area contributed by atoms with Gasteiger partial charge in [-0.05, 0) is 31.9 Å². The maximum Gasteiger partial charge on any atom is 0.254 e. The van der Waals surface area contributed by atoms with E-state index in [0.29, 0.717) is 6.04 Å². The highest BCUT2D eigenvalue weighted by Crippen LogP contribution is 2.27. The van der Waals surface area contributed by atoms with Gasteiger partial charge in [-0.1, -0.05) is 0 Å². The van der Waals surface area contributed by atoms with Gasteiger partial charge in [-0.2, -0.15) is 0 Å². The number of nitrogens with zero attached hydrogens (tertiary/aromatic N) is 2. The van der Waals surface area contributed by atoms with Gasteiger partial charge >= 0.3 is 0 Å². The molecule has 2 rings (SSSR count). The molecule has 0 spiro atoms. The molecule has 0 N–H and O–H groups in total.